The van der Waals surface area contributed by atoms with Gasteiger partial charge >= 0.3 is 5.97 Å². The highest BCUT2D eigenvalue weighted by molar-refractivity contribution is 6.30. The fourth-order valence-corrected chi connectivity index (χ4v) is 3.96. The molecular formula is C29H32ClN3O3. The van der Waals surface area contributed by atoms with Crippen LogP contribution in [0.3, 0.4) is 0 Å². The fraction of sp³-hybridized carbons (Fsp3) is 0.276. The van der Waals surface area contributed by atoms with Crippen molar-refractivity contribution in [1.82, 2.24) is 5.32 Å². The number of carboxylic acids is 1. The van der Waals surface area contributed by atoms with E-state index in [1.54, 1.807) is 30.3 Å². The maximum Gasteiger partial charge on any atom is 0.328 e. The number of para-hydroxylation sites is 1. The van der Waals surface area contributed by atoms with E-state index in [0.29, 0.717) is 22.0 Å². The van der Waals surface area contributed by atoms with Gasteiger partial charge in [0, 0.05) is 28.1 Å². The van der Waals surface area contributed by atoms with Crippen molar-refractivity contribution >= 4 is 34.9 Å². The van der Waals surface area contributed by atoms with Crippen molar-refractivity contribution in [3.63, 3.8) is 0 Å². The first-order valence-corrected chi connectivity index (χ1v) is 12.2. The summed E-state index contributed by atoms with van der Waals surface area (Å²) in [5, 5.41) is 16.9. The van der Waals surface area contributed by atoms with Gasteiger partial charge in [-0.25, -0.2) is 4.79 Å². The van der Waals surface area contributed by atoms with E-state index in [9.17, 15) is 14.7 Å². The van der Waals surface area contributed by atoms with Gasteiger partial charge in [-0.3, -0.25) is 9.79 Å². The van der Waals surface area contributed by atoms with Crippen molar-refractivity contribution in [2.75, 3.05) is 5.32 Å². The molecule has 0 aliphatic rings. The third-order valence-electron chi connectivity index (χ3n) is 5.44. The molecule has 0 spiro atoms. The lowest BCUT2D eigenvalue weighted by Crippen LogP contribution is -2.48. The molecule has 7 heteroatoms. The molecule has 1 amide bonds. The lowest BCUT2D eigenvalue weighted by molar-refractivity contribution is -0.138. The number of nitrogens with one attached hydrogen (secondary N) is 2. The maximum atomic E-state index is 13.0. The van der Waals surface area contributed by atoms with Gasteiger partial charge in [0.25, 0.3) is 0 Å². The summed E-state index contributed by atoms with van der Waals surface area (Å²) in [5.41, 5.74) is 3.02. The van der Waals surface area contributed by atoms with Crippen molar-refractivity contribution in [2.45, 2.75) is 51.7 Å². The molecule has 0 saturated heterocycles. The van der Waals surface area contributed by atoms with Crippen molar-refractivity contribution in [1.29, 1.82) is 0 Å². The van der Waals surface area contributed by atoms with Crippen LogP contribution in [0.1, 0.15) is 44.4 Å². The number of aliphatic carboxylic acids is 1. The molecule has 0 unspecified atom stereocenters. The van der Waals surface area contributed by atoms with E-state index in [1.807, 2.05) is 76.2 Å². The van der Waals surface area contributed by atoms with Crippen molar-refractivity contribution in [2.24, 2.45) is 4.99 Å². The summed E-state index contributed by atoms with van der Waals surface area (Å²) in [5.74, 6) is -1.23. The molecule has 188 valence electrons. The number of carboxylic acid groups (broad SMARTS) is 1. The molecule has 3 rings (SSSR count). The third-order valence-corrected chi connectivity index (χ3v) is 5.69. The van der Waals surface area contributed by atoms with Crippen LogP contribution in [0.25, 0.3) is 0 Å². The van der Waals surface area contributed by atoms with E-state index in [4.69, 9.17) is 16.6 Å². The SMILES string of the molecule is C[C@H](NC(C)(C)C)C(=O)Nc1ccccc1C(=N[C@@H](Cc1ccc(Cl)cc1)C(=O)O)c1ccccc1. The van der Waals surface area contributed by atoms with E-state index in [0.717, 1.165) is 11.1 Å². The van der Waals surface area contributed by atoms with E-state index < -0.39 is 18.1 Å². The summed E-state index contributed by atoms with van der Waals surface area (Å²) in [6.45, 7) is 7.80. The number of anilines is 1. The van der Waals surface area contributed by atoms with Crippen LogP contribution >= 0.6 is 11.6 Å². The number of benzene rings is 3. The molecule has 36 heavy (non-hydrogen) atoms. The second-order valence-electron chi connectivity index (χ2n) is 9.68. The van der Waals surface area contributed by atoms with Crippen LogP contribution in [0.2, 0.25) is 5.02 Å². The molecule has 3 aromatic rings. The summed E-state index contributed by atoms with van der Waals surface area (Å²) in [6, 6.07) is 22.3. The highest BCUT2D eigenvalue weighted by atomic mass is 35.5. The molecule has 0 bridgehead atoms. The Hall–Kier alpha value is -3.48. The Morgan fingerprint density at radius 3 is 2.17 bits per heavy atom. The molecule has 0 radical (unpaired) electrons. The lowest BCUT2D eigenvalue weighted by Gasteiger charge is -2.26. The van der Waals surface area contributed by atoms with Gasteiger partial charge in [-0.15, -0.1) is 0 Å². The Labute approximate surface area is 217 Å². The molecule has 0 aromatic heterocycles. The smallest absolute Gasteiger partial charge is 0.328 e. The minimum atomic E-state index is -1.04. The number of aliphatic imine (C=N–C) groups is 1. The maximum absolute atomic E-state index is 13.0. The van der Waals surface area contributed by atoms with Crippen molar-refractivity contribution in [3.05, 3.63) is 101 Å². The monoisotopic (exact) mass is 505 g/mol. The molecule has 0 saturated carbocycles. The van der Waals surface area contributed by atoms with Gasteiger partial charge in [0.1, 0.15) is 0 Å². The average molecular weight is 506 g/mol. The summed E-state index contributed by atoms with van der Waals surface area (Å²) < 4.78 is 0. The van der Waals surface area contributed by atoms with Crippen LogP contribution in [0.15, 0.2) is 83.9 Å². The predicted molar refractivity (Wildman–Crippen MR) is 146 cm³/mol. The molecule has 3 aromatic carbocycles. The van der Waals surface area contributed by atoms with Crippen LogP contribution < -0.4 is 10.6 Å². The molecule has 2 atom stereocenters. The molecule has 0 heterocycles. The lowest BCUT2D eigenvalue weighted by atomic mass is 9.98. The number of carbonyl (C=O) groups is 2. The Morgan fingerprint density at radius 2 is 1.56 bits per heavy atom. The standard InChI is InChI=1S/C29H32ClN3O3/c1-19(33-29(2,3)4)27(34)32-24-13-9-8-12-23(24)26(21-10-6-5-7-11-21)31-25(28(35)36)18-20-14-16-22(30)17-15-20/h5-17,19,25,33H,18H2,1-4H3,(H,32,34)(H,35,36)/t19-,25-/m0/s1. The number of rotatable bonds is 9. The molecule has 6 nitrogen and oxygen atoms in total. The van der Waals surface area contributed by atoms with E-state index >= 15 is 0 Å². The first kappa shape index (κ1) is 27.1. The largest absolute Gasteiger partial charge is 0.480 e. The van der Waals surface area contributed by atoms with Crippen LogP contribution in [-0.2, 0) is 16.0 Å². The summed E-state index contributed by atoms with van der Waals surface area (Å²) in [4.78, 5) is 29.9. The van der Waals surface area contributed by atoms with Gasteiger partial charge < -0.3 is 15.7 Å². The number of nitrogens with zero attached hydrogens (tertiary/aromatic N) is 1. The van der Waals surface area contributed by atoms with Crippen LogP contribution in [-0.4, -0.2) is 40.3 Å². The topological polar surface area (TPSA) is 90.8 Å². The van der Waals surface area contributed by atoms with E-state index in [2.05, 4.69) is 10.6 Å². The van der Waals surface area contributed by atoms with Gasteiger partial charge in [0.05, 0.1) is 17.4 Å². The second-order valence-corrected chi connectivity index (χ2v) is 10.1. The second kappa shape index (κ2) is 12.0. The van der Waals surface area contributed by atoms with Gasteiger partial charge in [-0.2, -0.15) is 0 Å². The first-order valence-electron chi connectivity index (χ1n) is 11.8. The molecule has 0 aliphatic carbocycles. The highest BCUT2D eigenvalue weighted by Crippen LogP contribution is 2.23. The zero-order chi connectivity index (χ0) is 26.3. The van der Waals surface area contributed by atoms with E-state index in [1.165, 1.54) is 0 Å². The minimum absolute atomic E-state index is 0.194. The first-order chi connectivity index (χ1) is 17.0. The molecule has 0 fully saturated rings. The Morgan fingerprint density at radius 1 is 0.944 bits per heavy atom. The van der Waals surface area contributed by atoms with Gasteiger partial charge in [-0.1, -0.05) is 72.3 Å². The van der Waals surface area contributed by atoms with Crippen molar-refractivity contribution < 1.29 is 14.7 Å². The van der Waals surface area contributed by atoms with Gasteiger partial charge in [0.2, 0.25) is 5.91 Å². The normalized spacial score (nSPS) is 13.6. The Kier molecular flexibility index (Phi) is 9.02. The van der Waals surface area contributed by atoms with Crippen LogP contribution in [0.4, 0.5) is 5.69 Å². The number of hydrogen-bond donors (Lipinski definition) is 3. The number of carbonyl (C=O) groups excluding carboxylic acids is 1. The quantitative estimate of drug-likeness (QED) is 0.331. The van der Waals surface area contributed by atoms with Crippen LogP contribution in [0.5, 0.6) is 0 Å². The zero-order valence-electron chi connectivity index (χ0n) is 21.0. The predicted octanol–water partition coefficient (Wildman–Crippen LogP) is 5.59. The fourth-order valence-electron chi connectivity index (χ4n) is 3.84. The number of hydrogen-bond acceptors (Lipinski definition) is 4. The average Bonchev–Trinajstić information content (AvgIpc) is 2.83. The molecule has 0 aliphatic heterocycles. The Balaban J connectivity index is 2.03. The van der Waals surface area contributed by atoms with E-state index in [-0.39, 0.29) is 17.9 Å². The Bertz CT molecular complexity index is 1220. The number of halogens is 1. The summed E-state index contributed by atoms with van der Waals surface area (Å²) in [7, 11) is 0. The van der Waals surface area contributed by atoms with Gasteiger partial charge in [0.15, 0.2) is 6.04 Å². The summed E-state index contributed by atoms with van der Waals surface area (Å²) in [6.07, 6.45) is 0.198. The zero-order valence-corrected chi connectivity index (χ0v) is 21.7. The summed E-state index contributed by atoms with van der Waals surface area (Å²) >= 11 is 5.99. The minimum Gasteiger partial charge on any atom is -0.480 e. The van der Waals surface area contributed by atoms with Crippen LogP contribution in [0, 0.1) is 0 Å². The van der Waals surface area contributed by atoms with Crippen molar-refractivity contribution in [3.8, 4) is 0 Å². The van der Waals surface area contributed by atoms with Gasteiger partial charge in [-0.05, 0) is 51.5 Å². The number of amides is 1. The molecule has 3 N–H and O–H groups in total. The molecular weight excluding hydrogens is 474 g/mol. The highest BCUT2D eigenvalue weighted by Gasteiger charge is 2.23. The third kappa shape index (κ3) is 7.77.